The van der Waals surface area contributed by atoms with Crippen LogP contribution in [0.2, 0.25) is 0 Å². The Morgan fingerprint density at radius 1 is 1.53 bits per heavy atom. The minimum atomic E-state index is -5.16. The van der Waals surface area contributed by atoms with Crippen molar-refractivity contribution < 1.29 is 22.7 Å². The smallest absolute Gasteiger partial charge is 0.508 e. The second kappa shape index (κ2) is 8.84. The molecule has 0 heterocycles. The number of hydrogen-bond donors (Lipinski definition) is 1. The molecule has 0 rings (SSSR count). The molecule has 0 bridgehead atoms. The van der Waals surface area contributed by atoms with E-state index in [1.807, 2.05) is 4.86 Å². The fraction of sp³-hybridized carbons (Fsp3) is 0.667. The summed E-state index contributed by atoms with van der Waals surface area (Å²) in [6.07, 6.45) is 2.46. The Labute approximate surface area is 103 Å². The molecule has 0 amide bonds. The molecular formula is C6H11B2F3IO2P-. The van der Waals surface area contributed by atoms with Crippen molar-refractivity contribution >= 4 is 42.9 Å². The summed E-state index contributed by atoms with van der Waals surface area (Å²) in [5, 5.41) is 8.65. The maximum Gasteiger partial charge on any atom is 0.637 e. The van der Waals surface area contributed by atoms with Gasteiger partial charge in [-0.05, 0) is 12.6 Å². The van der Waals surface area contributed by atoms with E-state index in [-0.39, 0.29) is 19.6 Å². The van der Waals surface area contributed by atoms with Crippen molar-refractivity contribution in [3.05, 3.63) is 11.6 Å². The molecule has 15 heavy (non-hydrogen) atoms. The highest BCUT2D eigenvalue weighted by Crippen LogP contribution is 2.19. The lowest BCUT2D eigenvalue weighted by Gasteiger charge is -2.16. The molecule has 0 spiro atoms. The number of aliphatic hydroxyl groups is 1. The van der Waals surface area contributed by atoms with Gasteiger partial charge in [0.25, 0.3) is 0 Å². The molecule has 87 valence electrons. The van der Waals surface area contributed by atoms with Gasteiger partial charge in [0.2, 0.25) is 4.86 Å². The molecule has 0 aromatic carbocycles. The number of hydrogen-bond acceptors (Lipinski definition) is 2. The van der Waals surface area contributed by atoms with Crippen molar-refractivity contribution in [2.75, 3.05) is 19.4 Å². The third-order valence-corrected chi connectivity index (χ3v) is 3.65. The standard InChI is InChI=1S/C6H11B2F3IO2P/c9-8(10,11)14-4-2-6(1-3-13)5-15-7-12/h1,13,15H,2-5H2/q-1/b6-1-. The van der Waals surface area contributed by atoms with E-state index < -0.39 is 7.18 Å². The molecule has 0 fully saturated rings. The third-order valence-electron chi connectivity index (χ3n) is 1.52. The SMILES string of the molecule is OC/C=C(/CCO[B-](F)(F)F)CP[B]I. The first-order valence-electron chi connectivity index (χ1n) is 4.26. The van der Waals surface area contributed by atoms with Crippen LogP contribution >= 0.6 is 30.8 Å². The summed E-state index contributed by atoms with van der Waals surface area (Å²) in [6, 6.07) is 0. The van der Waals surface area contributed by atoms with Gasteiger partial charge in [-0.25, -0.2) is 0 Å². The molecule has 0 saturated heterocycles. The Hall–Kier alpha value is 0.740. The van der Waals surface area contributed by atoms with Crippen LogP contribution in [0.25, 0.3) is 0 Å². The Kier molecular flexibility index (Phi) is 9.28. The van der Waals surface area contributed by atoms with Gasteiger partial charge < -0.3 is 22.7 Å². The highest BCUT2D eigenvalue weighted by molar-refractivity contribution is 14.1. The predicted molar refractivity (Wildman–Crippen MR) is 67.8 cm³/mol. The van der Waals surface area contributed by atoms with Crippen molar-refractivity contribution in [2.45, 2.75) is 6.42 Å². The second-order valence-electron chi connectivity index (χ2n) is 2.67. The van der Waals surface area contributed by atoms with Crippen molar-refractivity contribution in [3.63, 3.8) is 0 Å². The van der Waals surface area contributed by atoms with Crippen molar-refractivity contribution in [3.8, 4) is 0 Å². The molecule has 1 N–H and O–H groups in total. The first kappa shape index (κ1) is 15.7. The van der Waals surface area contributed by atoms with Crippen LogP contribution in [0, 0.1) is 0 Å². The third kappa shape index (κ3) is 11.0. The Bertz CT molecular complexity index is 203. The number of halogens is 4. The zero-order valence-corrected chi connectivity index (χ0v) is 11.1. The van der Waals surface area contributed by atoms with Crippen LogP contribution in [0.3, 0.4) is 0 Å². The fourth-order valence-corrected chi connectivity index (χ4v) is 2.21. The highest BCUT2D eigenvalue weighted by Gasteiger charge is 2.24. The van der Waals surface area contributed by atoms with E-state index in [0.29, 0.717) is 14.6 Å². The normalized spacial score (nSPS) is 13.8. The lowest BCUT2D eigenvalue weighted by molar-refractivity contribution is 0.178. The molecule has 0 aromatic heterocycles. The summed E-state index contributed by atoms with van der Waals surface area (Å²) < 4.78 is 38.8. The summed E-state index contributed by atoms with van der Waals surface area (Å²) in [5.74, 6) is 0. The van der Waals surface area contributed by atoms with Gasteiger partial charge in [0, 0.05) is 6.61 Å². The van der Waals surface area contributed by atoms with Crippen LogP contribution < -0.4 is 0 Å². The molecule has 1 unspecified atom stereocenters. The maximum absolute atomic E-state index is 11.7. The van der Waals surface area contributed by atoms with Crippen molar-refractivity contribution in [1.82, 2.24) is 0 Å². The number of rotatable bonds is 8. The van der Waals surface area contributed by atoms with Crippen molar-refractivity contribution in [1.29, 1.82) is 0 Å². The van der Waals surface area contributed by atoms with Gasteiger partial charge in [-0.15, -0.1) is 8.46 Å². The zero-order chi connectivity index (χ0) is 11.7. The van der Waals surface area contributed by atoms with Gasteiger partial charge in [-0.2, -0.15) is 22.4 Å². The van der Waals surface area contributed by atoms with E-state index in [1.54, 1.807) is 6.08 Å². The molecule has 9 heteroatoms. The minimum Gasteiger partial charge on any atom is -0.508 e. The van der Waals surface area contributed by atoms with Crippen molar-refractivity contribution in [2.24, 2.45) is 0 Å². The average Bonchev–Trinajstić information content (AvgIpc) is 2.12. The van der Waals surface area contributed by atoms with Gasteiger partial charge in [0.15, 0.2) is 0 Å². The largest absolute Gasteiger partial charge is 0.637 e. The highest BCUT2D eigenvalue weighted by atomic mass is 127. The van der Waals surface area contributed by atoms with E-state index in [2.05, 4.69) is 27.0 Å². The Balaban J connectivity index is 3.81. The molecule has 0 saturated carbocycles. The quantitative estimate of drug-likeness (QED) is 0.315. The molecule has 0 aliphatic rings. The molecule has 0 aliphatic heterocycles. The Morgan fingerprint density at radius 3 is 2.67 bits per heavy atom. The monoisotopic (exact) mass is 352 g/mol. The van der Waals surface area contributed by atoms with E-state index in [0.717, 1.165) is 5.57 Å². The molecule has 0 aromatic rings. The van der Waals surface area contributed by atoms with E-state index >= 15 is 0 Å². The zero-order valence-electron chi connectivity index (χ0n) is 7.93. The van der Waals surface area contributed by atoms with Crippen LogP contribution in [0.4, 0.5) is 12.9 Å². The summed E-state index contributed by atoms with van der Waals surface area (Å²) >= 11 is 2.09. The topological polar surface area (TPSA) is 29.5 Å². The van der Waals surface area contributed by atoms with Crippen LogP contribution in [-0.4, -0.2) is 36.5 Å². The van der Waals surface area contributed by atoms with Crippen LogP contribution in [0.1, 0.15) is 6.42 Å². The summed E-state index contributed by atoms with van der Waals surface area (Å²) in [7, 11) is -4.60. The molecule has 1 radical (unpaired) electrons. The summed E-state index contributed by atoms with van der Waals surface area (Å²) in [4.78, 5) is 1.93. The maximum atomic E-state index is 11.7. The molecular weight excluding hydrogens is 341 g/mol. The van der Waals surface area contributed by atoms with E-state index in [4.69, 9.17) is 5.11 Å². The van der Waals surface area contributed by atoms with Gasteiger partial charge >= 0.3 is 7.18 Å². The van der Waals surface area contributed by atoms with E-state index in [9.17, 15) is 12.9 Å². The molecule has 2 nitrogen and oxygen atoms in total. The summed E-state index contributed by atoms with van der Waals surface area (Å²) in [6.45, 7) is -0.501. The van der Waals surface area contributed by atoms with Gasteiger partial charge in [-0.3, -0.25) is 0 Å². The Morgan fingerprint density at radius 2 is 2.20 bits per heavy atom. The number of aliphatic hydroxyl groups excluding tert-OH is 1. The minimum absolute atomic E-state index is 0.141. The second-order valence-corrected chi connectivity index (χ2v) is 5.52. The first-order chi connectivity index (χ1) is 6.99. The van der Waals surface area contributed by atoms with Crippen LogP contribution in [0.15, 0.2) is 11.6 Å². The fourth-order valence-electron chi connectivity index (χ4n) is 0.885. The average molecular weight is 352 g/mol. The van der Waals surface area contributed by atoms with E-state index in [1.165, 1.54) is 0 Å². The first-order valence-corrected chi connectivity index (χ1v) is 6.79. The van der Waals surface area contributed by atoms with Gasteiger partial charge in [0.05, 0.1) is 6.61 Å². The van der Waals surface area contributed by atoms with Gasteiger partial charge in [0.1, 0.15) is 0 Å². The lowest BCUT2D eigenvalue weighted by atomic mass is 10.2. The molecule has 1 atom stereocenters. The lowest BCUT2D eigenvalue weighted by Crippen LogP contribution is -2.21. The van der Waals surface area contributed by atoms with Crippen LogP contribution in [-0.2, 0) is 4.65 Å². The van der Waals surface area contributed by atoms with Gasteiger partial charge in [-0.1, -0.05) is 11.6 Å². The molecule has 0 aliphatic carbocycles. The van der Waals surface area contributed by atoms with Crippen LogP contribution in [0.5, 0.6) is 0 Å². The predicted octanol–water partition coefficient (Wildman–Crippen LogP) is 2.30. The summed E-state index contributed by atoms with van der Waals surface area (Å²) in [5.41, 5.74) is 0.809.